The van der Waals surface area contributed by atoms with E-state index in [9.17, 15) is 9.59 Å². The highest BCUT2D eigenvalue weighted by atomic mass is 79.9. The van der Waals surface area contributed by atoms with Crippen LogP contribution in [0, 0.1) is 6.92 Å². The van der Waals surface area contributed by atoms with Crippen LogP contribution in [0.25, 0.3) is 0 Å². The molecule has 1 aliphatic rings. The Balaban J connectivity index is 1.61. The van der Waals surface area contributed by atoms with Crippen LogP contribution in [-0.4, -0.2) is 34.5 Å². The van der Waals surface area contributed by atoms with Gasteiger partial charge >= 0.3 is 6.09 Å². The van der Waals surface area contributed by atoms with Crippen LogP contribution < -0.4 is 5.32 Å². The zero-order chi connectivity index (χ0) is 18.5. The number of carbonyl (C=O) groups is 2. The SMILES string of the molecule is Cc1cnc(NC(=O)[C@H]2CCCN2C(=O)OCc2ccccc2)c(Br)c1. The highest BCUT2D eigenvalue weighted by Crippen LogP contribution is 2.24. The van der Waals surface area contributed by atoms with Crippen LogP contribution in [0.4, 0.5) is 10.6 Å². The molecule has 1 aromatic heterocycles. The van der Waals surface area contributed by atoms with E-state index in [1.54, 1.807) is 6.20 Å². The summed E-state index contributed by atoms with van der Waals surface area (Å²) in [6.07, 6.45) is 2.58. The van der Waals surface area contributed by atoms with Gasteiger partial charge in [0.2, 0.25) is 5.91 Å². The van der Waals surface area contributed by atoms with Crippen molar-refractivity contribution in [1.29, 1.82) is 0 Å². The van der Waals surface area contributed by atoms with Gasteiger partial charge in [0.1, 0.15) is 18.5 Å². The zero-order valence-electron chi connectivity index (χ0n) is 14.4. The van der Waals surface area contributed by atoms with Crippen molar-refractivity contribution in [2.24, 2.45) is 0 Å². The number of rotatable bonds is 4. The topological polar surface area (TPSA) is 71.5 Å². The molecule has 0 aliphatic carbocycles. The molecule has 2 amide bonds. The fraction of sp³-hybridized carbons (Fsp3) is 0.316. The van der Waals surface area contributed by atoms with Crippen LogP contribution in [0.5, 0.6) is 0 Å². The molecule has 136 valence electrons. The molecule has 2 aromatic rings. The van der Waals surface area contributed by atoms with Crippen LogP contribution in [-0.2, 0) is 16.1 Å². The Bertz CT molecular complexity index is 798. The molecule has 7 heteroatoms. The van der Waals surface area contributed by atoms with E-state index in [0.29, 0.717) is 23.3 Å². The second-order valence-electron chi connectivity index (χ2n) is 6.22. The van der Waals surface area contributed by atoms with Crippen molar-refractivity contribution >= 4 is 33.7 Å². The number of ether oxygens (including phenoxy) is 1. The van der Waals surface area contributed by atoms with E-state index in [0.717, 1.165) is 17.5 Å². The molecule has 0 radical (unpaired) electrons. The Morgan fingerprint density at radius 2 is 2.12 bits per heavy atom. The summed E-state index contributed by atoms with van der Waals surface area (Å²) in [5, 5.41) is 2.79. The molecule has 0 bridgehead atoms. The first-order valence-electron chi connectivity index (χ1n) is 8.45. The number of aryl methyl sites for hydroxylation is 1. The molecule has 0 saturated carbocycles. The standard InChI is InChI=1S/C19H20BrN3O3/c1-13-10-15(20)17(21-11-13)22-18(24)16-8-5-9-23(16)19(25)26-12-14-6-3-2-4-7-14/h2-4,6-7,10-11,16H,5,8-9,12H2,1H3,(H,21,22,24)/t16-/m1/s1. The van der Waals surface area contributed by atoms with E-state index in [4.69, 9.17) is 4.74 Å². The van der Waals surface area contributed by atoms with Gasteiger partial charge in [-0.2, -0.15) is 0 Å². The molecule has 1 fully saturated rings. The fourth-order valence-corrected chi connectivity index (χ4v) is 3.45. The van der Waals surface area contributed by atoms with Gasteiger partial charge < -0.3 is 10.1 Å². The Morgan fingerprint density at radius 1 is 1.35 bits per heavy atom. The van der Waals surface area contributed by atoms with Crippen molar-refractivity contribution in [3.63, 3.8) is 0 Å². The lowest BCUT2D eigenvalue weighted by Crippen LogP contribution is -2.43. The smallest absolute Gasteiger partial charge is 0.410 e. The second-order valence-corrected chi connectivity index (χ2v) is 7.08. The Morgan fingerprint density at radius 3 is 2.85 bits per heavy atom. The van der Waals surface area contributed by atoms with Crippen molar-refractivity contribution in [2.45, 2.75) is 32.4 Å². The molecule has 2 heterocycles. The summed E-state index contributed by atoms with van der Waals surface area (Å²) >= 11 is 3.40. The highest BCUT2D eigenvalue weighted by molar-refractivity contribution is 9.10. The van der Waals surface area contributed by atoms with Crippen molar-refractivity contribution in [1.82, 2.24) is 9.88 Å². The number of aromatic nitrogens is 1. The third kappa shape index (κ3) is 4.40. The first-order valence-corrected chi connectivity index (χ1v) is 9.24. The maximum absolute atomic E-state index is 12.6. The number of likely N-dealkylation sites (tertiary alicyclic amines) is 1. The molecule has 1 saturated heterocycles. The number of hydrogen-bond acceptors (Lipinski definition) is 4. The molecule has 0 unspecified atom stereocenters. The van der Waals surface area contributed by atoms with E-state index in [-0.39, 0.29) is 12.5 Å². The number of nitrogens with zero attached hydrogens (tertiary/aromatic N) is 2. The van der Waals surface area contributed by atoms with Crippen molar-refractivity contribution in [2.75, 3.05) is 11.9 Å². The number of hydrogen-bond donors (Lipinski definition) is 1. The summed E-state index contributed by atoms with van der Waals surface area (Å²) < 4.78 is 6.07. The Kier molecular flexibility index (Phi) is 5.88. The van der Waals surface area contributed by atoms with Gasteiger partial charge in [-0.05, 0) is 52.9 Å². The van der Waals surface area contributed by atoms with E-state index in [1.165, 1.54) is 4.90 Å². The average molecular weight is 418 g/mol. The number of amides is 2. The maximum atomic E-state index is 12.6. The first-order chi connectivity index (χ1) is 12.5. The van der Waals surface area contributed by atoms with Crippen molar-refractivity contribution in [3.05, 3.63) is 58.2 Å². The lowest BCUT2D eigenvalue weighted by atomic mass is 10.2. The third-order valence-corrected chi connectivity index (χ3v) is 4.82. The quantitative estimate of drug-likeness (QED) is 0.818. The fourth-order valence-electron chi connectivity index (χ4n) is 2.89. The number of benzene rings is 1. The van der Waals surface area contributed by atoms with Gasteiger partial charge in [0, 0.05) is 12.7 Å². The summed E-state index contributed by atoms with van der Waals surface area (Å²) in [6.45, 7) is 2.62. The Hall–Kier alpha value is -2.41. The lowest BCUT2D eigenvalue weighted by Gasteiger charge is -2.23. The lowest BCUT2D eigenvalue weighted by molar-refractivity contribution is -0.120. The van der Waals surface area contributed by atoms with Gasteiger partial charge in [0.05, 0.1) is 4.47 Å². The summed E-state index contributed by atoms with van der Waals surface area (Å²) in [5.41, 5.74) is 1.90. The van der Waals surface area contributed by atoms with Crippen LogP contribution >= 0.6 is 15.9 Å². The zero-order valence-corrected chi connectivity index (χ0v) is 16.0. The number of halogens is 1. The van der Waals surface area contributed by atoms with Gasteiger partial charge in [0.25, 0.3) is 0 Å². The minimum Gasteiger partial charge on any atom is -0.445 e. The van der Waals surface area contributed by atoms with E-state index in [1.807, 2.05) is 43.3 Å². The molecule has 0 spiro atoms. The molecular formula is C19H20BrN3O3. The molecule has 1 atom stereocenters. The molecule has 26 heavy (non-hydrogen) atoms. The number of nitrogens with one attached hydrogen (secondary N) is 1. The highest BCUT2D eigenvalue weighted by Gasteiger charge is 2.35. The molecule has 6 nitrogen and oxygen atoms in total. The molecule has 1 aliphatic heterocycles. The van der Waals surface area contributed by atoms with Crippen LogP contribution in [0.1, 0.15) is 24.0 Å². The van der Waals surface area contributed by atoms with E-state index in [2.05, 4.69) is 26.2 Å². The van der Waals surface area contributed by atoms with Crippen LogP contribution in [0.2, 0.25) is 0 Å². The molecular weight excluding hydrogens is 398 g/mol. The van der Waals surface area contributed by atoms with Gasteiger partial charge in [-0.1, -0.05) is 30.3 Å². The molecule has 1 aromatic carbocycles. The predicted octanol–water partition coefficient (Wildman–Crippen LogP) is 3.89. The van der Waals surface area contributed by atoms with Crippen LogP contribution in [0.15, 0.2) is 47.1 Å². The Labute approximate surface area is 160 Å². The first kappa shape index (κ1) is 18.4. The maximum Gasteiger partial charge on any atom is 0.410 e. The van der Waals surface area contributed by atoms with Crippen molar-refractivity contribution < 1.29 is 14.3 Å². The third-order valence-electron chi connectivity index (χ3n) is 4.21. The van der Waals surface area contributed by atoms with Gasteiger partial charge in [0.15, 0.2) is 0 Å². The van der Waals surface area contributed by atoms with E-state index < -0.39 is 12.1 Å². The van der Waals surface area contributed by atoms with Gasteiger partial charge in [-0.15, -0.1) is 0 Å². The van der Waals surface area contributed by atoms with Crippen molar-refractivity contribution in [3.8, 4) is 0 Å². The molecule has 3 rings (SSSR count). The van der Waals surface area contributed by atoms with Gasteiger partial charge in [-0.3, -0.25) is 9.69 Å². The number of anilines is 1. The van der Waals surface area contributed by atoms with Gasteiger partial charge in [-0.25, -0.2) is 9.78 Å². The minimum atomic E-state index is -0.548. The minimum absolute atomic E-state index is 0.190. The monoisotopic (exact) mass is 417 g/mol. The van der Waals surface area contributed by atoms with Crippen LogP contribution in [0.3, 0.4) is 0 Å². The number of carbonyl (C=O) groups excluding carboxylic acids is 2. The predicted molar refractivity (Wildman–Crippen MR) is 102 cm³/mol. The largest absolute Gasteiger partial charge is 0.445 e. The molecule has 1 N–H and O–H groups in total. The summed E-state index contributed by atoms with van der Waals surface area (Å²) in [6, 6.07) is 10.8. The summed E-state index contributed by atoms with van der Waals surface area (Å²) in [7, 11) is 0. The summed E-state index contributed by atoms with van der Waals surface area (Å²) in [4.78, 5) is 30.7. The summed E-state index contributed by atoms with van der Waals surface area (Å²) in [5.74, 6) is 0.196. The number of pyridine rings is 1. The second kappa shape index (κ2) is 8.31. The van der Waals surface area contributed by atoms with E-state index >= 15 is 0 Å². The average Bonchev–Trinajstić information content (AvgIpc) is 3.13. The normalized spacial score (nSPS) is 16.4.